The summed E-state index contributed by atoms with van der Waals surface area (Å²) in [6, 6.07) is 7.33. The number of rotatable bonds is 5. The molecule has 1 aromatic heterocycles. The van der Waals surface area contributed by atoms with Gasteiger partial charge in [-0.15, -0.1) is 5.10 Å². The number of nitrogens with one attached hydrogen (secondary N) is 1. The summed E-state index contributed by atoms with van der Waals surface area (Å²) in [5.74, 6) is -0.0354. The van der Waals surface area contributed by atoms with Gasteiger partial charge in [0.25, 0.3) is 5.56 Å². The number of benzene rings is 1. The maximum Gasteiger partial charge on any atom is 0.277 e. The van der Waals surface area contributed by atoms with E-state index in [1.165, 1.54) is 4.68 Å². The molecule has 0 spiro atoms. The zero-order valence-electron chi connectivity index (χ0n) is 13.9. The van der Waals surface area contributed by atoms with E-state index in [2.05, 4.69) is 27.5 Å². The van der Waals surface area contributed by atoms with Crippen LogP contribution in [0.25, 0.3) is 10.9 Å². The van der Waals surface area contributed by atoms with Crippen LogP contribution in [0.4, 0.5) is 0 Å². The SMILES string of the molecule is CCN1CCC(NC(=O)CCn2nnc3ccccc3c2=O)CC1. The van der Waals surface area contributed by atoms with Gasteiger partial charge in [0.2, 0.25) is 5.91 Å². The number of nitrogens with zero attached hydrogens (tertiary/aromatic N) is 4. The first kappa shape index (κ1) is 16.6. The summed E-state index contributed by atoms with van der Waals surface area (Å²) in [5.41, 5.74) is 0.371. The Morgan fingerprint density at radius 1 is 1.29 bits per heavy atom. The molecule has 7 heteroatoms. The molecule has 0 saturated carbocycles. The van der Waals surface area contributed by atoms with Gasteiger partial charge in [-0.3, -0.25) is 9.59 Å². The Hall–Kier alpha value is -2.28. The largest absolute Gasteiger partial charge is 0.353 e. The van der Waals surface area contributed by atoms with Gasteiger partial charge in [-0.25, -0.2) is 4.68 Å². The molecule has 128 valence electrons. The predicted octanol–water partition coefficient (Wildman–Crippen LogP) is 0.782. The van der Waals surface area contributed by atoms with Crippen LogP contribution in [0.15, 0.2) is 29.1 Å². The normalized spacial score (nSPS) is 16.4. The molecule has 0 bridgehead atoms. The lowest BCUT2D eigenvalue weighted by Crippen LogP contribution is -2.44. The van der Waals surface area contributed by atoms with Crippen LogP contribution in [0.3, 0.4) is 0 Å². The number of amides is 1. The number of likely N-dealkylation sites (tertiary alicyclic amines) is 1. The number of carbonyl (C=O) groups is 1. The highest BCUT2D eigenvalue weighted by Crippen LogP contribution is 2.10. The fourth-order valence-electron chi connectivity index (χ4n) is 3.07. The zero-order valence-corrected chi connectivity index (χ0v) is 13.9. The fraction of sp³-hybridized carbons (Fsp3) is 0.529. The van der Waals surface area contributed by atoms with Gasteiger partial charge in [0.1, 0.15) is 5.52 Å². The average Bonchev–Trinajstić information content (AvgIpc) is 2.62. The molecule has 2 aromatic rings. The summed E-state index contributed by atoms with van der Waals surface area (Å²) in [4.78, 5) is 26.8. The maximum absolute atomic E-state index is 12.3. The maximum atomic E-state index is 12.3. The van der Waals surface area contributed by atoms with Crippen LogP contribution in [0.2, 0.25) is 0 Å². The molecule has 1 fully saturated rings. The first-order valence-electron chi connectivity index (χ1n) is 8.51. The quantitative estimate of drug-likeness (QED) is 0.877. The van der Waals surface area contributed by atoms with Gasteiger partial charge in [0.05, 0.1) is 11.9 Å². The number of hydrogen-bond donors (Lipinski definition) is 1. The molecule has 3 rings (SSSR count). The molecular formula is C17H23N5O2. The van der Waals surface area contributed by atoms with Gasteiger partial charge in [-0.05, 0) is 31.5 Å². The Morgan fingerprint density at radius 2 is 2.04 bits per heavy atom. The lowest BCUT2D eigenvalue weighted by Gasteiger charge is -2.31. The van der Waals surface area contributed by atoms with Crippen molar-refractivity contribution in [1.82, 2.24) is 25.2 Å². The fourth-order valence-corrected chi connectivity index (χ4v) is 3.07. The number of aryl methyl sites for hydroxylation is 1. The van der Waals surface area contributed by atoms with Crippen molar-refractivity contribution < 1.29 is 4.79 Å². The molecule has 0 radical (unpaired) electrons. The van der Waals surface area contributed by atoms with Crippen LogP contribution in [0.1, 0.15) is 26.2 Å². The third-order valence-electron chi connectivity index (χ3n) is 4.58. The van der Waals surface area contributed by atoms with Crippen molar-refractivity contribution in [2.75, 3.05) is 19.6 Å². The number of aromatic nitrogens is 3. The lowest BCUT2D eigenvalue weighted by atomic mass is 10.1. The lowest BCUT2D eigenvalue weighted by molar-refractivity contribution is -0.122. The number of hydrogen-bond acceptors (Lipinski definition) is 5. The second-order valence-electron chi connectivity index (χ2n) is 6.16. The van der Waals surface area contributed by atoms with E-state index in [1.807, 2.05) is 6.07 Å². The molecule has 24 heavy (non-hydrogen) atoms. The van der Waals surface area contributed by atoms with Crippen molar-refractivity contribution in [2.45, 2.75) is 38.8 Å². The molecular weight excluding hydrogens is 306 g/mol. The van der Waals surface area contributed by atoms with E-state index in [1.54, 1.807) is 18.2 Å². The second-order valence-corrected chi connectivity index (χ2v) is 6.16. The Bertz CT molecular complexity index is 765. The third-order valence-corrected chi connectivity index (χ3v) is 4.58. The minimum Gasteiger partial charge on any atom is -0.353 e. The van der Waals surface area contributed by atoms with Crippen molar-refractivity contribution >= 4 is 16.8 Å². The van der Waals surface area contributed by atoms with E-state index in [-0.39, 0.29) is 30.5 Å². The summed E-state index contributed by atoms with van der Waals surface area (Å²) in [6.45, 7) is 5.51. The highest BCUT2D eigenvalue weighted by molar-refractivity contribution is 5.77. The highest BCUT2D eigenvalue weighted by Gasteiger charge is 2.19. The van der Waals surface area contributed by atoms with Crippen LogP contribution in [0.5, 0.6) is 0 Å². The average molecular weight is 329 g/mol. The predicted molar refractivity (Wildman–Crippen MR) is 91.7 cm³/mol. The molecule has 1 aromatic carbocycles. The van der Waals surface area contributed by atoms with Gasteiger partial charge in [-0.1, -0.05) is 24.3 Å². The van der Waals surface area contributed by atoms with E-state index in [9.17, 15) is 9.59 Å². The van der Waals surface area contributed by atoms with E-state index >= 15 is 0 Å². The summed E-state index contributed by atoms with van der Waals surface area (Å²) in [5, 5.41) is 11.5. The molecule has 1 aliphatic heterocycles. The Morgan fingerprint density at radius 3 is 2.79 bits per heavy atom. The smallest absolute Gasteiger partial charge is 0.277 e. The molecule has 0 aliphatic carbocycles. The van der Waals surface area contributed by atoms with E-state index in [0.29, 0.717) is 10.9 Å². The summed E-state index contributed by atoms with van der Waals surface area (Å²) >= 11 is 0. The van der Waals surface area contributed by atoms with Crippen LogP contribution >= 0.6 is 0 Å². The first-order valence-corrected chi connectivity index (χ1v) is 8.51. The first-order chi connectivity index (χ1) is 11.7. The molecule has 1 N–H and O–H groups in total. The van der Waals surface area contributed by atoms with Crippen molar-refractivity contribution in [3.8, 4) is 0 Å². The minimum atomic E-state index is -0.204. The standard InChI is InChI=1S/C17H23N5O2/c1-2-21-10-7-13(8-11-21)18-16(23)9-12-22-17(24)14-5-3-4-6-15(14)19-20-22/h3-6,13H,2,7-12H2,1H3,(H,18,23). The van der Waals surface area contributed by atoms with Crippen molar-refractivity contribution in [1.29, 1.82) is 0 Å². The monoisotopic (exact) mass is 329 g/mol. The topological polar surface area (TPSA) is 80.1 Å². The van der Waals surface area contributed by atoms with Gasteiger partial charge >= 0.3 is 0 Å². The molecule has 2 heterocycles. The number of piperidine rings is 1. The summed E-state index contributed by atoms with van der Waals surface area (Å²) in [6.07, 6.45) is 2.20. The molecule has 7 nitrogen and oxygen atoms in total. The van der Waals surface area contributed by atoms with Gasteiger partial charge in [0, 0.05) is 25.6 Å². The van der Waals surface area contributed by atoms with Crippen LogP contribution in [-0.4, -0.2) is 51.5 Å². The third kappa shape index (κ3) is 3.79. The number of fused-ring (bicyclic) bond motifs is 1. The van der Waals surface area contributed by atoms with Crippen molar-refractivity contribution in [3.63, 3.8) is 0 Å². The van der Waals surface area contributed by atoms with Crippen LogP contribution in [-0.2, 0) is 11.3 Å². The molecule has 0 atom stereocenters. The van der Waals surface area contributed by atoms with E-state index in [0.717, 1.165) is 32.5 Å². The Labute approximate surface area is 140 Å². The Kier molecular flexibility index (Phi) is 5.20. The van der Waals surface area contributed by atoms with Crippen molar-refractivity contribution in [3.05, 3.63) is 34.6 Å². The van der Waals surface area contributed by atoms with Gasteiger partial charge < -0.3 is 10.2 Å². The van der Waals surface area contributed by atoms with Crippen LogP contribution < -0.4 is 10.9 Å². The number of carbonyl (C=O) groups excluding carboxylic acids is 1. The summed E-state index contributed by atoms with van der Waals surface area (Å²) in [7, 11) is 0. The van der Waals surface area contributed by atoms with Crippen molar-refractivity contribution in [2.24, 2.45) is 0 Å². The molecule has 0 unspecified atom stereocenters. The van der Waals surface area contributed by atoms with Gasteiger partial charge in [-0.2, -0.15) is 0 Å². The van der Waals surface area contributed by atoms with E-state index in [4.69, 9.17) is 0 Å². The van der Waals surface area contributed by atoms with Crippen LogP contribution in [0, 0.1) is 0 Å². The zero-order chi connectivity index (χ0) is 16.9. The van der Waals surface area contributed by atoms with E-state index < -0.39 is 0 Å². The summed E-state index contributed by atoms with van der Waals surface area (Å²) < 4.78 is 1.27. The minimum absolute atomic E-state index is 0.0354. The molecule has 1 aliphatic rings. The Balaban J connectivity index is 1.55. The second kappa shape index (κ2) is 7.53. The molecule has 1 saturated heterocycles. The van der Waals surface area contributed by atoms with Gasteiger partial charge in [0.15, 0.2) is 0 Å². The molecule has 1 amide bonds. The highest BCUT2D eigenvalue weighted by atomic mass is 16.2.